The van der Waals surface area contributed by atoms with Crippen LogP contribution in [0.1, 0.15) is 22.3 Å². The predicted molar refractivity (Wildman–Crippen MR) is 216 cm³/mol. The summed E-state index contributed by atoms with van der Waals surface area (Å²) < 4.78 is 362. The van der Waals surface area contributed by atoms with E-state index in [-0.39, 0.29) is 48.5 Å². The van der Waals surface area contributed by atoms with Crippen molar-refractivity contribution < 1.29 is 124 Å². The molecule has 1 aliphatic heterocycles. The average Bonchev–Trinajstić information content (AvgIpc) is 3.31. The van der Waals surface area contributed by atoms with Crippen molar-refractivity contribution >= 4 is 24.1 Å². The number of rotatable bonds is 12. The Hall–Kier alpha value is -6.25. The number of hydrogen-bond acceptors (Lipinski definition) is 9. The van der Waals surface area contributed by atoms with Gasteiger partial charge in [-0.1, -0.05) is 0 Å². The van der Waals surface area contributed by atoms with Crippen LogP contribution in [0.3, 0.4) is 0 Å². The fourth-order valence-electron chi connectivity index (χ4n) is 6.53. The summed E-state index contributed by atoms with van der Waals surface area (Å²) in [6.07, 6.45) is -22.9. The van der Waals surface area contributed by atoms with Crippen LogP contribution in [-0.2, 0) is 24.7 Å². The van der Waals surface area contributed by atoms with E-state index in [0.717, 1.165) is 0 Å². The van der Waals surface area contributed by atoms with Crippen molar-refractivity contribution in [1.29, 1.82) is 0 Å². The Morgan fingerprint density at radius 2 is 0.432 bits per heavy atom. The summed E-state index contributed by atoms with van der Waals surface area (Å²) in [5, 5.41) is 0. The van der Waals surface area contributed by atoms with Gasteiger partial charge in [0.05, 0.1) is 0 Å². The van der Waals surface area contributed by atoms with Crippen molar-refractivity contribution in [3.05, 3.63) is 177 Å². The van der Waals surface area contributed by atoms with Gasteiger partial charge in [0, 0.05) is 0 Å². The van der Waals surface area contributed by atoms with Gasteiger partial charge < -0.3 is 0 Å². The Morgan fingerprint density at radius 3 is 0.635 bits per heavy atom. The molecule has 0 amide bonds. The molecule has 1 aliphatic rings. The minimum absolute atomic E-state index is 0.0970. The van der Waals surface area contributed by atoms with Gasteiger partial charge in [-0.15, -0.1) is 0 Å². The first-order valence-electron chi connectivity index (χ1n) is 19.4. The molecule has 0 aromatic heterocycles. The van der Waals surface area contributed by atoms with Gasteiger partial charge in [0.15, 0.2) is 0 Å². The zero-order valence-electron chi connectivity index (χ0n) is 35.0. The Labute approximate surface area is 398 Å². The second-order valence-corrected chi connectivity index (χ2v) is 22.5. The zero-order chi connectivity index (χ0) is 54.7. The van der Waals surface area contributed by atoms with Crippen molar-refractivity contribution in [1.82, 2.24) is 14.6 Å². The van der Waals surface area contributed by atoms with E-state index in [1.807, 2.05) is 0 Å². The first kappa shape index (κ1) is 55.5. The summed E-state index contributed by atoms with van der Waals surface area (Å²) in [7, 11) is -21.6. The topological polar surface area (TPSA) is 91.5 Å². The van der Waals surface area contributed by atoms with E-state index in [2.05, 4.69) is 0 Å². The van der Waals surface area contributed by atoms with E-state index >= 15 is 35.1 Å². The quantitative estimate of drug-likeness (QED) is 0.0480. The maximum atomic E-state index is 15.9. The molecular formula is C40H22F22N3O6P3. The van der Waals surface area contributed by atoms with Gasteiger partial charge in [0.1, 0.15) is 0 Å². The molecule has 3 N–H and O–H groups in total. The molecule has 0 spiro atoms. The number of para-hydroxylation sites is 4. The van der Waals surface area contributed by atoms with Crippen molar-refractivity contribution in [2.45, 2.75) is 24.7 Å². The summed E-state index contributed by atoms with van der Waals surface area (Å²) in [5.74, 6) is -43.5. The van der Waals surface area contributed by atoms with Gasteiger partial charge in [-0.05, 0) is 0 Å². The normalized spacial score (nSPS) is 16.9. The van der Waals surface area contributed by atoms with Crippen LogP contribution in [0.15, 0.2) is 97.1 Å². The van der Waals surface area contributed by atoms with Gasteiger partial charge in [0.2, 0.25) is 0 Å². The number of halogens is 22. The molecule has 402 valence electrons. The third kappa shape index (κ3) is 11.1. The summed E-state index contributed by atoms with van der Waals surface area (Å²) >= 11 is 0. The van der Waals surface area contributed by atoms with Crippen LogP contribution in [-0.4, -0.2) is 0 Å². The van der Waals surface area contributed by atoms with Gasteiger partial charge in [-0.25, -0.2) is 0 Å². The summed E-state index contributed by atoms with van der Waals surface area (Å²) in [6, 6.07) is 6.31. The molecule has 0 bridgehead atoms. The molecule has 9 nitrogen and oxygen atoms in total. The van der Waals surface area contributed by atoms with Crippen LogP contribution in [0.2, 0.25) is 0 Å². The average molecular weight is 1150 g/mol. The third-order valence-corrected chi connectivity index (χ3v) is 20.5. The molecule has 0 saturated carbocycles. The van der Waals surface area contributed by atoms with Gasteiger partial charge in [0.25, 0.3) is 0 Å². The molecule has 1 saturated heterocycles. The van der Waals surface area contributed by atoms with Crippen molar-refractivity contribution in [2.24, 2.45) is 0 Å². The first-order chi connectivity index (χ1) is 34.2. The maximum absolute atomic E-state index is 15.9. The van der Waals surface area contributed by atoms with Gasteiger partial charge >= 0.3 is 399 Å². The minimum atomic E-state index is -7.27. The zero-order valence-corrected chi connectivity index (χ0v) is 38.0. The van der Waals surface area contributed by atoms with Crippen LogP contribution >= 0.6 is 24.1 Å². The summed E-state index contributed by atoms with van der Waals surface area (Å²) in [6.45, 7) is 0. The molecule has 0 radical (unpaired) electrons. The third-order valence-electron chi connectivity index (χ3n) is 9.60. The molecule has 6 aromatic rings. The second kappa shape index (κ2) is 19.8. The summed E-state index contributed by atoms with van der Waals surface area (Å²) in [4.78, 5) is 4.98. The van der Waals surface area contributed by atoms with E-state index in [9.17, 15) is 61.5 Å². The molecule has 34 heteroatoms. The Bertz CT molecular complexity index is 2870. The number of hydrogen-bond donors (Lipinski definition) is 3. The molecule has 0 aliphatic carbocycles. The van der Waals surface area contributed by atoms with E-state index in [1.54, 1.807) is 14.6 Å². The van der Waals surface area contributed by atoms with Gasteiger partial charge in [-0.3, -0.25) is 0 Å². The van der Waals surface area contributed by atoms with E-state index < -0.39 is 164 Å². The van der Waals surface area contributed by atoms with Crippen LogP contribution in [0.25, 0.3) is 0 Å². The van der Waals surface area contributed by atoms with E-state index in [1.165, 1.54) is 0 Å². The first-order valence-corrected chi connectivity index (χ1v) is 24.9. The molecule has 6 aromatic carbocycles. The Kier molecular flexibility index (Phi) is 14.8. The Balaban J connectivity index is 1.70. The fraction of sp³-hybridized carbons (Fsp3) is 0.100. The second-order valence-electron chi connectivity index (χ2n) is 14.6. The van der Waals surface area contributed by atoms with Crippen molar-refractivity contribution in [3.63, 3.8) is 0 Å². The van der Waals surface area contributed by atoms with Crippen molar-refractivity contribution in [2.75, 3.05) is 0 Å². The van der Waals surface area contributed by atoms with Crippen LogP contribution < -0.4 is 41.7 Å². The van der Waals surface area contributed by atoms with Crippen LogP contribution in [0.5, 0.6) is 34.5 Å². The van der Waals surface area contributed by atoms with Gasteiger partial charge in [-0.2, -0.15) is 0 Å². The molecule has 74 heavy (non-hydrogen) atoms. The molecular weight excluding hydrogens is 1130 g/mol. The fourth-order valence-corrected chi connectivity index (χ4v) is 19.6. The van der Waals surface area contributed by atoms with E-state index in [0.29, 0.717) is 48.5 Å². The molecule has 0 atom stereocenters. The monoisotopic (exact) mass is 1150 g/mol. The summed E-state index contributed by atoms with van der Waals surface area (Å²) in [5.41, 5.74) is -8.31. The number of benzene rings is 6. The standard InChI is InChI=1S/C40H22F22N3O6P3/c41-25-27(43)31(47)35(32(48)28(25)44)70-73(68-23-15-7-3-11-19(23)39(57,58)59)63-72(66-21-13-5-1-9-17(21)37(51,52)53,67-22-14-6-2-10-18(22)38(54,55)56)64-74(65-73,69-24-16-8-4-12-20(24)40(60,61)62)71-36-33(49)29(45)26(42)30(46)34(36)50/h1-16,63-65,72-74H. The SMILES string of the molecule is Fc1c(F)c(F)c(O[PH]2(Oc3ccccc3C(F)(F)F)N[PH](Oc3ccccc3C(F)(F)F)(Oc3ccccc3C(F)(F)F)N[PH](Oc3ccccc3C(F)(F)F)(Oc3c(F)c(F)c(F)c(F)c3F)N2)c(F)c1F. The number of nitrogens with one attached hydrogen (secondary N) is 3. The van der Waals surface area contributed by atoms with E-state index in [4.69, 9.17) is 27.1 Å². The molecule has 1 heterocycles. The Morgan fingerprint density at radius 1 is 0.257 bits per heavy atom. The van der Waals surface area contributed by atoms with Crippen LogP contribution in [0.4, 0.5) is 96.6 Å². The van der Waals surface area contributed by atoms with Crippen LogP contribution in [0, 0.1) is 58.2 Å². The molecule has 0 unspecified atom stereocenters. The number of alkyl halides is 12. The molecule has 1 fully saturated rings. The molecule has 7 rings (SSSR count). The van der Waals surface area contributed by atoms with Crippen molar-refractivity contribution in [3.8, 4) is 34.5 Å². The predicted octanol–water partition coefficient (Wildman–Crippen LogP) is 14.9.